The molecular formula is C15H7ClF3N3O3. The maximum absolute atomic E-state index is 12.4. The lowest BCUT2D eigenvalue weighted by molar-refractivity contribution is -0.189. The number of alkyl halides is 3. The number of pyridine rings is 1. The van der Waals surface area contributed by atoms with E-state index in [-0.39, 0.29) is 17.3 Å². The first-order chi connectivity index (χ1) is 11.8. The summed E-state index contributed by atoms with van der Waals surface area (Å²) in [6.45, 7) is 0. The number of aromatic nitrogens is 3. The number of hydrogen-bond donors (Lipinski definition) is 0. The molecule has 0 fully saturated rings. The lowest BCUT2D eigenvalue weighted by atomic mass is 10.2. The SMILES string of the molecule is O=C(Oc1ncccc1-c1nnc(-c2ccc(Cl)cc2)o1)C(F)(F)F. The van der Waals surface area contributed by atoms with Crippen LogP contribution in [0.15, 0.2) is 47.0 Å². The first-order valence-corrected chi connectivity index (χ1v) is 7.06. The maximum atomic E-state index is 12.4. The van der Waals surface area contributed by atoms with Gasteiger partial charge in [0.05, 0.1) is 0 Å². The van der Waals surface area contributed by atoms with Crippen LogP contribution in [0, 0.1) is 0 Å². The van der Waals surface area contributed by atoms with Gasteiger partial charge in [0, 0.05) is 16.8 Å². The van der Waals surface area contributed by atoms with Gasteiger partial charge in [0.1, 0.15) is 5.56 Å². The third kappa shape index (κ3) is 3.77. The molecule has 0 aliphatic carbocycles. The van der Waals surface area contributed by atoms with Gasteiger partial charge in [-0.2, -0.15) is 13.2 Å². The first-order valence-electron chi connectivity index (χ1n) is 6.68. The van der Waals surface area contributed by atoms with Crippen molar-refractivity contribution in [3.63, 3.8) is 0 Å². The van der Waals surface area contributed by atoms with Crippen molar-refractivity contribution in [1.82, 2.24) is 15.2 Å². The summed E-state index contributed by atoms with van der Waals surface area (Å²) in [5, 5.41) is 8.08. The Morgan fingerprint density at radius 1 is 1.08 bits per heavy atom. The van der Waals surface area contributed by atoms with Crippen LogP contribution in [0.3, 0.4) is 0 Å². The number of rotatable bonds is 3. The molecule has 0 saturated carbocycles. The number of esters is 1. The molecule has 128 valence electrons. The van der Waals surface area contributed by atoms with Crippen LogP contribution in [0.5, 0.6) is 5.88 Å². The lowest BCUT2D eigenvalue weighted by Gasteiger charge is -2.07. The average molecular weight is 370 g/mol. The maximum Gasteiger partial charge on any atom is 0.491 e. The molecule has 1 aromatic carbocycles. The zero-order valence-electron chi connectivity index (χ0n) is 12.1. The number of benzene rings is 1. The molecule has 0 spiro atoms. The van der Waals surface area contributed by atoms with Gasteiger partial charge in [0.15, 0.2) is 0 Å². The Labute approximate surface area is 143 Å². The van der Waals surface area contributed by atoms with Crippen LogP contribution < -0.4 is 4.74 Å². The summed E-state index contributed by atoms with van der Waals surface area (Å²) in [6, 6.07) is 9.25. The highest BCUT2D eigenvalue weighted by Crippen LogP contribution is 2.31. The molecule has 3 rings (SSSR count). The van der Waals surface area contributed by atoms with Crippen LogP contribution in [0.2, 0.25) is 5.02 Å². The van der Waals surface area contributed by atoms with Crippen molar-refractivity contribution in [1.29, 1.82) is 0 Å². The molecule has 0 N–H and O–H groups in total. The molecule has 3 aromatic rings. The zero-order chi connectivity index (χ0) is 18.0. The second-order valence-electron chi connectivity index (χ2n) is 4.66. The molecule has 0 radical (unpaired) electrons. The van der Waals surface area contributed by atoms with E-state index in [4.69, 9.17) is 16.0 Å². The van der Waals surface area contributed by atoms with Crippen molar-refractivity contribution in [3.8, 4) is 28.8 Å². The predicted octanol–water partition coefficient (Wildman–Crippen LogP) is 3.92. The third-order valence-electron chi connectivity index (χ3n) is 2.94. The molecule has 0 atom stereocenters. The molecule has 6 nitrogen and oxygen atoms in total. The number of carbonyl (C=O) groups is 1. The smallest absolute Gasteiger partial charge is 0.416 e. The van der Waals surface area contributed by atoms with E-state index in [0.29, 0.717) is 10.6 Å². The molecule has 2 heterocycles. The van der Waals surface area contributed by atoms with E-state index in [1.165, 1.54) is 18.3 Å². The van der Waals surface area contributed by atoms with E-state index in [9.17, 15) is 18.0 Å². The highest BCUT2D eigenvalue weighted by atomic mass is 35.5. The molecule has 0 unspecified atom stereocenters. The van der Waals surface area contributed by atoms with Crippen LogP contribution in [-0.4, -0.2) is 27.3 Å². The fourth-order valence-electron chi connectivity index (χ4n) is 1.82. The predicted molar refractivity (Wildman–Crippen MR) is 79.7 cm³/mol. The van der Waals surface area contributed by atoms with Crippen molar-refractivity contribution in [3.05, 3.63) is 47.6 Å². The van der Waals surface area contributed by atoms with E-state index in [0.717, 1.165) is 0 Å². The highest BCUT2D eigenvalue weighted by Gasteiger charge is 2.42. The second-order valence-corrected chi connectivity index (χ2v) is 5.10. The standard InChI is InChI=1S/C15H7ClF3N3O3/c16-9-5-3-8(4-6-9)11-21-22-13(24-11)10-2-1-7-20-12(10)25-14(23)15(17,18)19/h1-7H. The molecule has 0 saturated heterocycles. The number of carbonyl (C=O) groups excluding carboxylic acids is 1. The Kier molecular flexibility index (Phi) is 4.41. The van der Waals surface area contributed by atoms with Gasteiger partial charge >= 0.3 is 12.1 Å². The van der Waals surface area contributed by atoms with Crippen molar-refractivity contribution in [2.75, 3.05) is 0 Å². The quantitative estimate of drug-likeness (QED) is 0.651. The molecular weight excluding hydrogens is 363 g/mol. The Morgan fingerprint density at radius 3 is 2.44 bits per heavy atom. The van der Waals surface area contributed by atoms with Crippen molar-refractivity contribution in [2.24, 2.45) is 0 Å². The van der Waals surface area contributed by atoms with E-state index < -0.39 is 18.0 Å². The lowest BCUT2D eigenvalue weighted by Crippen LogP contribution is -2.28. The summed E-state index contributed by atoms with van der Waals surface area (Å²) in [5.74, 6) is -3.02. The Balaban J connectivity index is 1.93. The minimum absolute atomic E-state index is 0.0483. The summed E-state index contributed by atoms with van der Waals surface area (Å²) in [5.41, 5.74) is 0.508. The Bertz CT molecular complexity index is 910. The minimum Gasteiger partial charge on any atom is -0.416 e. The van der Waals surface area contributed by atoms with Crippen LogP contribution in [-0.2, 0) is 4.79 Å². The van der Waals surface area contributed by atoms with Crippen molar-refractivity contribution >= 4 is 17.6 Å². The van der Waals surface area contributed by atoms with Crippen LogP contribution in [0.1, 0.15) is 0 Å². The van der Waals surface area contributed by atoms with E-state index in [1.807, 2.05) is 0 Å². The number of hydrogen-bond acceptors (Lipinski definition) is 6. The van der Waals surface area contributed by atoms with Gasteiger partial charge in [-0.1, -0.05) is 11.6 Å². The van der Waals surface area contributed by atoms with Crippen LogP contribution in [0.4, 0.5) is 13.2 Å². The molecule has 0 amide bonds. The molecule has 0 aliphatic rings. The first kappa shape index (κ1) is 16.9. The van der Waals surface area contributed by atoms with Gasteiger partial charge in [-0.05, 0) is 36.4 Å². The van der Waals surface area contributed by atoms with E-state index in [1.54, 1.807) is 24.3 Å². The molecule has 0 bridgehead atoms. The number of ether oxygens (including phenoxy) is 1. The van der Waals surface area contributed by atoms with Crippen molar-refractivity contribution < 1.29 is 27.1 Å². The Hall–Kier alpha value is -2.94. The van der Waals surface area contributed by atoms with E-state index in [2.05, 4.69) is 19.9 Å². The zero-order valence-corrected chi connectivity index (χ0v) is 12.9. The Morgan fingerprint density at radius 2 is 1.76 bits per heavy atom. The third-order valence-corrected chi connectivity index (χ3v) is 3.19. The largest absolute Gasteiger partial charge is 0.491 e. The normalized spacial score (nSPS) is 11.4. The van der Waals surface area contributed by atoms with Crippen LogP contribution in [0.25, 0.3) is 22.9 Å². The summed E-state index contributed by atoms with van der Waals surface area (Å²) >= 11 is 5.79. The summed E-state index contributed by atoms with van der Waals surface area (Å²) in [6.07, 6.45) is -3.99. The van der Waals surface area contributed by atoms with Gasteiger partial charge in [-0.3, -0.25) is 0 Å². The summed E-state index contributed by atoms with van der Waals surface area (Å²) in [7, 11) is 0. The van der Waals surface area contributed by atoms with Gasteiger partial charge in [0.25, 0.3) is 5.89 Å². The molecule has 25 heavy (non-hydrogen) atoms. The van der Waals surface area contributed by atoms with Crippen molar-refractivity contribution in [2.45, 2.75) is 6.18 Å². The molecule has 0 aliphatic heterocycles. The topological polar surface area (TPSA) is 78.1 Å². The number of halogens is 4. The van der Waals surface area contributed by atoms with Gasteiger partial charge < -0.3 is 9.15 Å². The fraction of sp³-hybridized carbons (Fsp3) is 0.0667. The number of nitrogens with zero attached hydrogens (tertiary/aromatic N) is 3. The average Bonchev–Trinajstić information content (AvgIpc) is 3.05. The van der Waals surface area contributed by atoms with Crippen LogP contribution >= 0.6 is 11.6 Å². The summed E-state index contributed by atoms with van der Waals surface area (Å²) < 4.78 is 46.8. The van der Waals surface area contributed by atoms with E-state index >= 15 is 0 Å². The van der Waals surface area contributed by atoms with Gasteiger partial charge in [0.2, 0.25) is 11.8 Å². The molecule has 10 heteroatoms. The summed E-state index contributed by atoms with van der Waals surface area (Å²) in [4.78, 5) is 14.6. The highest BCUT2D eigenvalue weighted by molar-refractivity contribution is 6.30. The monoisotopic (exact) mass is 369 g/mol. The minimum atomic E-state index is -5.15. The second kappa shape index (κ2) is 6.52. The molecule has 2 aromatic heterocycles. The van der Waals surface area contributed by atoms with Gasteiger partial charge in [-0.15, -0.1) is 10.2 Å². The fourth-order valence-corrected chi connectivity index (χ4v) is 1.95. The van der Waals surface area contributed by atoms with Gasteiger partial charge in [-0.25, -0.2) is 9.78 Å².